The maximum atomic E-state index is 0. The van der Waals surface area contributed by atoms with E-state index in [0.717, 1.165) is 0 Å². The van der Waals surface area contributed by atoms with Gasteiger partial charge in [0, 0.05) is 62.6 Å². The van der Waals surface area contributed by atoms with Crippen LogP contribution < -0.4 is 0 Å². The SMILES string of the molecule is [C].[Cu].[Fe].[Mo]. The Hall–Kier alpha value is 1.73. The van der Waals surface area contributed by atoms with E-state index in [1.807, 2.05) is 0 Å². The average molecular weight is 227 g/mol. The molecule has 3 heteroatoms. The molecule has 0 aromatic carbocycles. The molecule has 0 aliphatic carbocycles. The molecule has 0 saturated carbocycles. The fourth-order valence-electron chi connectivity index (χ4n) is 0. The summed E-state index contributed by atoms with van der Waals surface area (Å²) in [4.78, 5) is 0. The summed E-state index contributed by atoms with van der Waals surface area (Å²) >= 11 is 0. The smallest absolute Gasteiger partial charge is 0 e. The molecule has 0 heterocycles. The molecular formula is CCuFeMo. The summed E-state index contributed by atoms with van der Waals surface area (Å²) in [5, 5.41) is 0. The van der Waals surface area contributed by atoms with E-state index in [4.69, 9.17) is 0 Å². The quantitative estimate of drug-likeness (QED) is 0.514. The molecular weight excluding hydrogens is 227 g/mol. The van der Waals surface area contributed by atoms with E-state index in [9.17, 15) is 0 Å². The molecule has 0 bridgehead atoms. The van der Waals surface area contributed by atoms with Crippen LogP contribution in [0.3, 0.4) is 0 Å². The fourth-order valence-corrected chi connectivity index (χ4v) is 0. The van der Waals surface area contributed by atoms with Gasteiger partial charge < -0.3 is 0 Å². The summed E-state index contributed by atoms with van der Waals surface area (Å²) in [6.07, 6.45) is 0. The Kier molecular flexibility index (Phi) is 236. The van der Waals surface area contributed by atoms with Gasteiger partial charge in [0.1, 0.15) is 0 Å². The molecule has 0 aromatic rings. The third kappa shape index (κ3) is 9.29. The molecule has 0 unspecified atom stereocenters. The van der Waals surface area contributed by atoms with Gasteiger partial charge in [-0.25, -0.2) is 0 Å². The molecule has 0 fully saturated rings. The Morgan fingerprint density at radius 3 is 1.00 bits per heavy atom. The van der Waals surface area contributed by atoms with E-state index in [2.05, 4.69) is 0 Å². The number of hydrogen-bond donors (Lipinski definition) is 0. The van der Waals surface area contributed by atoms with E-state index < -0.39 is 0 Å². The minimum Gasteiger partial charge on any atom is 0 e. The van der Waals surface area contributed by atoms with E-state index in [1.165, 1.54) is 0 Å². The van der Waals surface area contributed by atoms with E-state index in [1.54, 1.807) is 0 Å². The molecule has 0 atom stereocenters. The van der Waals surface area contributed by atoms with Crippen molar-refractivity contribution in [2.24, 2.45) is 0 Å². The molecule has 0 spiro atoms. The molecule has 0 amide bonds. The second-order valence-electron chi connectivity index (χ2n) is 0. The van der Waals surface area contributed by atoms with Crippen LogP contribution >= 0.6 is 0 Å². The second kappa shape index (κ2) is 22.0. The van der Waals surface area contributed by atoms with Gasteiger partial charge in [0.05, 0.1) is 0 Å². The first-order valence-corrected chi connectivity index (χ1v) is 0. The van der Waals surface area contributed by atoms with E-state index in [-0.39, 0.29) is 62.6 Å². The Morgan fingerprint density at radius 1 is 1.00 bits per heavy atom. The maximum Gasteiger partial charge on any atom is 0 e. The summed E-state index contributed by atoms with van der Waals surface area (Å²) in [5.74, 6) is 0. The van der Waals surface area contributed by atoms with Crippen molar-refractivity contribution in [3.63, 3.8) is 0 Å². The van der Waals surface area contributed by atoms with Crippen LogP contribution in [-0.4, -0.2) is 0 Å². The number of rotatable bonds is 0. The zero-order valence-corrected chi connectivity index (χ0v) is 5.62. The van der Waals surface area contributed by atoms with Crippen molar-refractivity contribution >= 4 is 0 Å². The Morgan fingerprint density at radius 2 is 1.00 bits per heavy atom. The standard InChI is InChI=1S/C.Cu.Fe.Mo. The van der Waals surface area contributed by atoms with Gasteiger partial charge in [0.2, 0.25) is 0 Å². The first-order chi connectivity index (χ1) is 0. The van der Waals surface area contributed by atoms with Crippen molar-refractivity contribution < 1.29 is 55.2 Å². The van der Waals surface area contributed by atoms with Crippen LogP contribution in [0, 0.1) is 7.43 Å². The van der Waals surface area contributed by atoms with Crippen LogP contribution in [0.2, 0.25) is 0 Å². The maximum absolute atomic E-state index is 0. The summed E-state index contributed by atoms with van der Waals surface area (Å²) in [6.45, 7) is 0. The topological polar surface area (TPSA) is 0 Å². The Labute approximate surface area is 62.3 Å². The van der Waals surface area contributed by atoms with Crippen LogP contribution in [0.4, 0.5) is 0 Å². The van der Waals surface area contributed by atoms with Crippen molar-refractivity contribution in [2.45, 2.75) is 0 Å². The summed E-state index contributed by atoms with van der Waals surface area (Å²) in [5.41, 5.74) is 0. The van der Waals surface area contributed by atoms with Gasteiger partial charge in [-0.2, -0.15) is 0 Å². The summed E-state index contributed by atoms with van der Waals surface area (Å²) in [7, 11) is 0. The Balaban J connectivity index is 0. The molecule has 0 saturated heterocycles. The fraction of sp³-hybridized carbons (Fsp3) is 0. The minimum atomic E-state index is 0. The first kappa shape index (κ1) is 42.9. The molecule has 0 rings (SSSR count). The average Bonchev–Trinajstić information content (AvgIpc) is 0. The monoisotopic (exact) mass is 229 g/mol. The molecule has 0 nitrogen and oxygen atoms in total. The van der Waals surface area contributed by atoms with Crippen LogP contribution in [0.1, 0.15) is 0 Å². The predicted molar refractivity (Wildman–Crippen MR) is 3.24 cm³/mol. The van der Waals surface area contributed by atoms with Crippen molar-refractivity contribution in [1.29, 1.82) is 0 Å². The third-order valence-corrected chi connectivity index (χ3v) is 0. The van der Waals surface area contributed by atoms with Crippen molar-refractivity contribution in [3.05, 3.63) is 7.43 Å². The number of hydrogen-bond acceptors (Lipinski definition) is 0. The van der Waals surface area contributed by atoms with Gasteiger partial charge in [-0.15, -0.1) is 0 Å². The second-order valence-corrected chi connectivity index (χ2v) is 0. The molecule has 0 aromatic heterocycles. The van der Waals surface area contributed by atoms with Gasteiger partial charge >= 0.3 is 0 Å². The predicted octanol–water partition coefficient (Wildman–Crippen LogP) is 0.0738. The minimum absolute atomic E-state index is 0. The third-order valence-electron chi connectivity index (χ3n) is 0. The largest absolute Gasteiger partial charge is 0 e. The van der Waals surface area contributed by atoms with Crippen molar-refractivity contribution in [3.8, 4) is 0 Å². The first-order valence-electron chi connectivity index (χ1n) is 0. The van der Waals surface area contributed by atoms with Gasteiger partial charge in [-0.05, 0) is 0 Å². The Bertz CT molecular complexity index is 8.00. The summed E-state index contributed by atoms with van der Waals surface area (Å²) < 4.78 is 0. The van der Waals surface area contributed by atoms with E-state index >= 15 is 0 Å². The van der Waals surface area contributed by atoms with Crippen LogP contribution in [-0.2, 0) is 55.2 Å². The molecule has 0 aliphatic rings. The van der Waals surface area contributed by atoms with Crippen molar-refractivity contribution in [1.82, 2.24) is 0 Å². The van der Waals surface area contributed by atoms with Crippen LogP contribution in [0.25, 0.3) is 0 Å². The molecule has 0 aliphatic heterocycles. The zero-order chi connectivity index (χ0) is 0. The van der Waals surface area contributed by atoms with Crippen molar-refractivity contribution in [2.75, 3.05) is 0 Å². The van der Waals surface area contributed by atoms with Gasteiger partial charge in [-0.3, -0.25) is 0 Å². The molecule has 4 heavy (non-hydrogen) atoms. The van der Waals surface area contributed by atoms with E-state index in [0.29, 0.717) is 0 Å². The summed E-state index contributed by atoms with van der Waals surface area (Å²) in [6, 6.07) is 0. The molecule has 5 radical (unpaired) electrons. The zero-order valence-electron chi connectivity index (χ0n) is 1.56. The van der Waals surface area contributed by atoms with Gasteiger partial charge in [0.25, 0.3) is 0 Å². The van der Waals surface area contributed by atoms with Crippen LogP contribution in [0.5, 0.6) is 0 Å². The molecule has 29 valence electrons. The van der Waals surface area contributed by atoms with Gasteiger partial charge in [-0.1, -0.05) is 0 Å². The molecule has 0 N–H and O–H groups in total. The normalized spacial score (nSPS) is 0. The van der Waals surface area contributed by atoms with Crippen LogP contribution in [0.15, 0.2) is 0 Å². The van der Waals surface area contributed by atoms with Gasteiger partial charge in [0.15, 0.2) is 0 Å².